The molecule has 0 spiro atoms. The van der Waals surface area contributed by atoms with Crippen molar-refractivity contribution in [1.29, 1.82) is 0 Å². The van der Waals surface area contributed by atoms with Gasteiger partial charge in [-0.3, -0.25) is 4.79 Å². The van der Waals surface area contributed by atoms with Crippen molar-refractivity contribution in [2.45, 2.75) is 44.2 Å². The molecule has 6 heteroatoms. The van der Waals surface area contributed by atoms with Crippen LogP contribution in [0.25, 0.3) is 0 Å². The van der Waals surface area contributed by atoms with E-state index in [1.807, 2.05) is 0 Å². The lowest BCUT2D eigenvalue weighted by Crippen LogP contribution is -2.42. The van der Waals surface area contributed by atoms with Crippen LogP contribution in [0.4, 0.5) is 0 Å². The number of amides is 1. The summed E-state index contributed by atoms with van der Waals surface area (Å²) in [5.41, 5.74) is 0. The maximum Gasteiger partial charge on any atom is 0.261 e. The largest absolute Gasteiger partial charge is 0.391 e. The highest BCUT2D eigenvalue weighted by Gasteiger charge is 2.24. The molecule has 1 heterocycles. The summed E-state index contributed by atoms with van der Waals surface area (Å²) in [5.74, 6) is -0.0997. The van der Waals surface area contributed by atoms with Crippen LogP contribution in [0.1, 0.15) is 41.8 Å². The molecule has 1 aromatic heterocycles. The summed E-state index contributed by atoms with van der Waals surface area (Å²) in [5, 5.41) is 12.9. The zero-order valence-electron chi connectivity index (χ0n) is 9.79. The Kier molecular flexibility index (Phi) is 5.24. The number of halogens is 2. The van der Waals surface area contributed by atoms with E-state index < -0.39 is 6.10 Å². The van der Waals surface area contributed by atoms with Crippen molar-refractivity contribution in [3.8, 4) is 0 Å². The molecule has 2 N–H and O–H groups in total. The summed E-state index contributed by atoms with van der Waals surface area (Å²) in [4.78, 5) is 12.7. The molecule has 1 aliphatic carbocycles. The third kappa shape index (κ3) is 3.56. The van der Waals surface area contributed by atoms with E-state index in [0.717, 1.165) is 40.4 Å². The van der Waals surface area contributed by atoms with E-state index in [-0.39, 0.29) is 11.9 Å². The van der Waals surface area contributed by atoms with Crippen molar-refractivity contribution in [2.75, 3.05) is 0 Å². The van der Waals surface area contributed by atoms with Crippen molar-refractivity contribution in [3.63, 3.8) is 0 Å². The Morgan fingerprint density at radius 1 is 1.33 bits per heavy atom. The maximum atomic E-state index is 12.1. The first-order valence-corrected chi connectivity index (χ1v) is 8.42. The minimum absolute atomic E-state index is 0.0997. The van der Waals surface area contributed by atoms with Crippen LogP contribution in [0.15, 0.2) is 14.3 Å². The second-order valence-electron chi connectivity index (χ2n) is 4.52. The predicted octanol–water partition coefficient (Wildman–Crippen LogP) is 3.70. The molecule has 3 nitrogen and oxygen atoms in total. The molecule has 1 saturated carbocycles. The molecular weight excluding hydrogens is 382 g/mol. The first-order chi connectivity index (χ1) is 8.58. The molecule has 0 saturated heterocycles. The van der Waals surface area contributed by atoms with Gasteiger partial charge in [-0.25, -0.2) is 0 Å². The summed E-state index contributed by atoms with van der Waals surface area (Å²) in [6.45, 7) is 0. The number of hydrogen-bond acceptors (Lipinski definition) is 3. The Bertz CT molecular complexity index is 416. The summed E-state index contributed by atoms with van der Waals surface area (Å²) < 4.78 is 1.80. The SMILES string of the molecule is O=C(NC1CCCCCC1O)c1cc(Br)c(Br)s1. The van der Waals surface area contributed by atoms with Gasteiger partial charge in [0.1, 0.15) is 0 Å². The molecule has 2 atom stereocenters. The summed E-state index contributed by atoms with van der Waals surface area (Å²) in [7, 11) is 0. The van der Waals surface area contributed by atoms with Crippen LogP contribution in [0, 0.1) is 0 Å². The first kappa shape index (κ1) is 14.5. The normalized spacial score (nSPS) is 24.6. The molecule has 1 fully saturated rings. The quantitative estimate of drug-likeness (QED) is 0.748. The number of hydrogen-bond donors (Lipinski definition) is 2. The van der Waals surface area contributed by atoms with Gasteiger partial charge in [-0.1, -0.05) is 19.3 Å². The molecule has 1 amide bonds. The monoisotopic (exact) mass is 395 g/mol. The van der Waals surface area contributed by atoms with Gasteiger partial charge in [0.15, 0.2) is 0 Å². The number of rotatable bonds is 2. The van der Waals surface area contributed by atoms with Gasteiger partial charge in [0, 0.05) is 4.47 Å². The molecule has 2 rings (SSSR count). The molecule has 2 unspecified atom stereocenters. The number of aliphatic hydroxyl groups excluding tert-OH is 1. The highest BCUT2D eigenvalue weighted by Crippen LogP contribution is 2.32. The van der Waals surface area contributed by atoms with Crippen LogP contribution in [0.2, 0.25) is 0 Å². The number of thiophene rings is 1. The van der Waals surface area contributed by atoms with Crippen LogP contribution in [-0.4, -0.2) is 23.2 Å². The van der Waals surface area contributed by atoms with Crippen molar-refractivity contribution in [2.24, 2.45) is 0 Å². The molecule has 1 aliphatic rings. The van der Waals surface area contributed by atoms with Gasteiger partial charge in [-0.05, 0) is 50.8 Å². The van der Waals surface area contributed by atoms with E-state index in [2.05, 4.69) is 37.2 Å². The molecule has 18 heavy (non-hydrogen) atoms. The Balaban J connectivity index is 2.01. The number of aliphatic hydroxyl groups is 1. The summed E-state index contributed by atoms with van der Waals surface area (Å²) in [6, 6.07) is 1.69. The molecule has 0 bridgehead atoms. The molecule has 100 valence electrons. The molecular formula is C12H15Br2NO2S. The fourth-order valence-corrected chi connectivity index (χ4v) is 4.09. The van der Waals surface area contributed by atoms with Crippen molar-refractivity contribution >= 4 is 49.1 Å². The Labute approximate surface area is 127 Å². The molecule has 0 aromatic carbocycles. The Morgan fingerprint density at radius 2 is 2.06 bits per heavy atom. The third-order valence-electron chi connectivity index (χ3n) is 3.16. The zero-order chi connectivity index (χ0) is 13.1. The minimum atomic E-state index is -0.414. The second-order valence-corrected chi connectivity index (χ2v) is 7.74. The van der Waals surface area contributed by atoms with Crippen molar-refractivity contribution in [3.05, 3.63) is 19.2 Å². The van der Waals surface area contributed by atoms with Gasteiger partial charge >= 0.3 is 0 Å². The molecule has 0 radical (unpaired) electrons. The fraction of sp³-hybridized carbons (Fsp3) is 0.583. The standard InChI is InChI=1S/C12H15Br2NO2S/c13-7-6-10(18-11(7)14)12(17)15-8-4-2-1-3-5-9(8)16/h6,8-9,16H,1-5H2,(H,15,17). The lowest BCUT2D eigenvalue weighted by Gasteiger charge is -2.21. The van der Waals surface area contributed by atoms with Gasteiger partial charge in [0.25, 0.3) is 5.91 Å². The first-order valence-electron chi connectivity index (χ1n) is 6.01. The average Bonchev–Trinajstić information content (AvgIpc) is 2.54. The smallest absolute Gasteiger partial charge is 0.261 e. The lowest BCUT2D eigenvalue weighted by molar-refractivity contribution is 0.0822. The second kappa shape index (κ2) is 6.50. The maximum absolute atomic E-state index is 12.1. The highest BCUT2D eigenvalue weighted by molar-refractivity contribution is 9.13. The van der Waals surface area contributed by atoms with Crippen molar-refractivity contribution in [1.82, 2.24) is 5.32 Å². The minimum Gasteiger partial charge on any atom is -0.391 e. The van der Waals surface area contributed by atoms with E-state index in [9.17, 15) is 9.90 Å². The van der Waals surface area contributed by atoms with Crippen LogP contribution < -0.4 is 5.32 Å². The van der Waals surface area contributed by atoms with Gasteiger partial charge in [-0.15, -0.1) is 11.3 Å². The van der Waals surface area contributed by atoms with E-state index >= 15 is 0 Å². The Morgan fingerprint density at radius 3 is 2.72 bits per heavy atom. The number of nitrogens with one attached hydrogen (secondary N) is 1. The van der Waals surface area contributed by atoms with Crippen LogP contribution in [-0.2, 0) is 0 Å². The van der Waals surface area contributed by atoms with Crippen LogP contribution >= 0.6 is 43.2 Å². The summed E-state index contributed by atoms with van der Waals surface area (Å²) >= 11 is 8.14. The van der Waals surface area contributed by atoms with Crippen LogP contribution in [0.3, 0.4) is 0 Å². The van der Waals surface area contributed by atoms with Crippen molar-refractivity contribution < 1.29 is 9.90 Å². The van der Waals surface area contributed by atoms with Gasteiger partial charge in [0.05, 0.1) is 20.8 Å². The molecule has 1 aromatic rings. The molecule has 0 aliphatic heterocycles. The van der Waals surface area contributed by atoms with E-state index in [0.29, 0.717) is 4.88 Å². The highest BCUT2D eigenvalue weighted by atomic mass is 79.9. The van der Waals surface area contributed by atoms with E-state index in [4.69, 9.17) is 0 Å². The van der Waals surface area contributed by atoms with Crippen LogP contribution in [0.5, 0.6) is 0 Å². The number of carbonyl (C=O) groups is 1. The van der Waals surface area contributed by atoms with E-state index in [1.165, 1.54) is 11.3 Å². The summed E-state index contributed by atoms with van der Waals surface area (Å²) in [6.07, 6.45) is 4.48. The third-order valence-corrected chi connectivity index (χ3v) is 6.42. The van der Waals surface area contributed by atoms with Gasteiger partial charge in [-0.2, -0.15) is 0 Å². The topological polar surface area (TPSA) is 49.3 Å². The fourth-order valence-electron chi connectivity index (χ4n) is 2.15. The van der Waals surface area contributed by atoms with Gasteiger partial charge < -0.3 is 10.4 Å². The zero-order valence-corrected chi connectivity index (χ0v) is 13.8. The predicted molar refractivity (Wildman–Crippen MR) is 80.1 cm³/mol. The van der Waals surface area contributed by atoms with E-state index in [1.54, 1.807) is 6.07 Å². The Hall–Kier alpha value is 0.0900. The van der Waals surface area contributed by atoms with Gasteiger partial charge in [0.2, 0.25) is 0 Å². The number of carbonyl (C=O) groups excluding carboxylic acids is 1. The lowest BCUT2D eigenvalue weighted by atomic mass is 10.1. The average molecular weight is 397 g/mol.